The molecule has 0 unspecified atom stereocenters. The van der Waals surface area contributed by atoms with Crippen LogP contribution in [0.2, 0.25) is 0 Å². The molecule has 4 nitrogen and oxygen atoms in total. The van der Waals surface area contributed by atoms with Gasteiger partial charge in [-0.15, -0.1) is 0 Å². The SMILES string of the molecule is C[C@@H](OC(=O)c1cccc2ccccc12)C(=O)N1CCCC1. The van der Waals surface area contributed by atoms with Crippen LogP contribution < -0.4 is 0 Å². The molecule has 0 bridgehead atoms. The molecule has 0 aliphatic carbocycles. The van der Waals surface area contributed by atoms with Crippen LogP contribution >= 0.6 is 0 Å². The zero-order valence-electron chi connectivity index (χ0n) is 12.6. The number of likely N-dealkylation sites (tertiary alicyclic amines) is 1. The Hall–Kier alpha value is -2.36. The number of esters is 1. The Kier molecular flexibility index (Phi) is 4.09. The van der Waals surface area contributed by atoms with Gasteiger partial charge in [0.05, 0.1) is 5.56 Å². The fourth-order valence-electron chi connectivity index (χ4n) is 2.87. The van der Waals surface area contributed by atoms with Crippen LogP contribution in [0.3, 0.4) is 0 Å². The van der Waals surface area contributed by atoms with E-state index in [4.69, 9.17) is 4.74 Å². The lowest BCUT2D eigenvalue weighted by Gasteiger charge is -2.20. The molecule has 0 N–H and O–H groups in total. The van der Waals surface area contributed by atoms with Gasteiger partial charge in [-0.2, -0.15) is 0 Å². The molecule has 0 aromatic heterocycles. The number of carbonyl (C=O) groups excluding carboxylic acids is 2. The van der Waals surface area contributed by atoms with Crippen LogP contribution in [0.15, 0.2) is 42.5 Å². The molecule has 4 heteroatoms. The molecule has 114 valence electrons. The number of hydrogen-bond acceptors (Lipinski definition) is 3. The Morgan fingerprint density at radius 1 is 1.05 bits per heavy atom. The van der Waals surface area contributed by atoms with Crippen molar-refractivity contribution < 1.29 is 14.3 Å². The Morgan fingerprint density at radius 2 is 1.73 bits per heavy atom. The number of hydrogen-bond donors (Lipinski definition) is 0. The van der Waals surface area contributed by atoms with Crippen molar-refractivity contribution in [1.82, 2.24) is 4.90 Å². The van der Waals surface area contributed by atoms with E-state index in [1.807, 2.05) is 36.4 Å². The van der Waals surface area contributed by atoms with E-state index >= 15 is 0 Å². The van der Waals surface area contributed by atoms with Gasteiger partial charge >= 0.3 is 5.97 Å². The Bertz CT molecular complexity index is 699. The Labute approximate surface area is 129 Å². The molecule has 1 fully saturated rings. The van der Waals surface area contributed by atoms with Crippen molar-refractivity contribution in [3.8, 4) is 0 Å². The van der Waals surface area contributed by atoms with Crippen LogP contribution in [0, 0.1) is 0 Å². The lowest BCUT2D eigenvalue weighted by atomic mass is 10.0. The van der Waals surface area contributed by atoms with Crippen LogP contribution in [-0.2, 0) is 9.53 Å². The van der Waals surface area contributed by atoms with Crippen LogP contribution in [0.4, 0.5) is 0 Å². The lowest BCUT2D eigenvalue weighted by Crippen LogP contribution is -2.38. The van der Waals surface area contributed by atoms with Gasteiger partial charge in [0.25, 0.3) is 5.91 Å². The third-order valence-corrected chi connectivity index (χ3v) is 4.06. The maximum Gasteiger partial charge on any atom is 0.339 e. The van der Waals surface area contributed by atoms with E-state index in [1.165, 1.54) is 0 Å². The number of nitrogens with zero attached hydrogens (tertiary/aromatic N) is 1. The summed E-state index contributed by atoms with van der Waals surface area (Å²) in [5.41, 5.74) is 0.499. The molecule has 3 rings (SSSR count). The fraction of sp³-hybridized carbons (Fsp3) is 0.333. The van der Waals surface area contributed by atoms with E-state index in [9.17, 15) is 9.59 Å². The highest BCUT2D eigenvalue weighted by Crippen LogP contribution is 2.20. The topological polar surface area (TPSA) is 46.6 Å². The van der Waals surface area contributed by atoms with Crippen molar-refractivity contribution in [1.29, 1.82) is 0 Å². The lowest BCUT2D eigenvalue weighted by molar-refractivity contribution is -0.138. The molecule has 1 heterocycles. The van der Waals surface area contributed by atoms with Crippen molar-refractivity contribution in [3.63, 3.8) is 0 Å². The van der Waals surface area contributed by atoms with Gasteiger partial charge in [0.15, 0.2) is 6.10 Å². The Morgan fingerprint density at radius 3 is 2.50 bits per heavy atom. The number of amides is 1. The first-order valence-corrected chi connectivity index (χ1v) is 7.64. The molecule has 2 aromatic rings. The summed E-state index contributed by atoms with van der Waals surface area (Å²) in [6.07, 6.45) is 1.30. The average molecular weight is 297 g/mol. The Balaban J connectivity index is 1.77. The molecule has 22 heavy (non-hydrogen) atoms. The van der Waals surface area contributed by atoms with Crippen LogP contribution in [-0.4, -0.2) is 36.0 Å². The summed E-state index contributed by atoms with van der Waals surface area (Å²) in [5.74, 6) is -0.553. The van der Waals surface area contributed by atoms with Gasteiger partial charge in [-0.05, 0) is 36.6 Å². The number of ether oxygens (including phenoxy) is 1. The third kappa shape index (κ3) is 2.82. The predicted octanol–water partition coefficient (Wildman–Crippen LogP) is 3.01. The van der Waals surface area contributed by atoms with E-state index in [-0.39, 0.29) is 5.91 Å². The molecule has 0 saturated carbocycles. The van der Waals surface area contributed by atoms with Crippen molar-refractivity contribution in [2.75, 3.05) is 13.1 Å². The first-order valence-electron chi connectivity index (χ1n) is 7.64. The van der Waals surface area contributed by atoms with E-state index in [1.54, 1.807) is 17.9 Å². The smallest absolute Gasteiger partial charge is 0.339 e. The van der Waals surface area contributed by atoms with E-state index in [2.05, 4.69) is 0 Å². The summed E-state index contributed by atoms with van der Waals surface area (Å²) in [7, 11) is 0. The van der Waals surface area contributed by atoms with Crippen LogP contribution in [0.25, 0.3) is 10.8 Å². The average Bonchev–Trinajstić information content (AvgIpc) is 3.07. The summed E-state index contributed by atoms with van der Waals surface area (Å²) in [6.45, 7) is 3.16. The molecular weight excluding hydrogens is 278 g/mol. The van der Waals surface area contributed by atoms with Crippen molar-refractivity contribution >= 4 is 22.6 Å². The van der Waals surface area contributed by atoms with Crippen LogP contribution in [0.5, 0.6) is 0 Å². The summed E-state index contributed by atoms with van der Waals surface area (Å²) >= 11 is 0. The molecule has 1 aliphatic heterocycles. The standard InChI is InChI=1S/C18H19NO3/c1-13(17(20)19-11-4-5-12-19)22-18(21)16-10-6-8-14-7-2-3-9-15(14)16/h2-3,6-10,13H,4-5,11-12H2,1H3/t13-/m1/s1. The van der Waals surface area contributed by atoms with Gasteiger partial charge in [-0.25, -0.2) is 4.79 Å². The van der Waals surface area contributed by atoms with Gasteiger partial charge in [-0.3, -0.25) is 4.79 Å². The molecule has 1 aliphatic rings. The molecular formula is C18H19NO3. The first-order chi connectivity index (χ1) is 10.7. The second-order valence-corrected chi connectivity index (χ2v) is 5.61. The summed E-state index contributed by atoms with van der Waals surface area (Å²) < 4.78 is 5.39. The van der Waals surface area contributed by atoms with Gasteiger partial charge in [0.2, 0.25) is 0 Å². The van der Waals surface area contributed by atoms with Crippen molar-refractivity contribution in [2.24, 2.45) is 0 Å². The highest BCUT2D eigenvalue weighted by atomic mass is 16.5. The van der Waals surface area contributed by atoms with Gasteiger partial charge in [0.1, 0.15) is 0 Å². The van der Waals surface area contributed by atoms with Crippen molar-refractivity contribution in [2.45, 2.75) is 25.9 Å². The van der Waals surface area contributed by atoms with Crippen LogP contribution in [0.1, 0.15) is 30.1 Å². The minimum absolute atomic E-state index is 0.105. The number of benzene rings is 2. The largest absolute Gasteiger partial charge is 0.449 e. The predicted molar refractivity (Wildman–Crippen MR) is 84.6 cm³/mol. The third-order valence-electron chi connectivity index (χ3n) is 4.06. The molecule has 1 amide bonds. The normalized spacial score (nSPS) is 15.8. The van der Waals surface area contributed by atoms with Gasteiger partial charge < -0.3 is 9.64 Å². The summed E-state index contributed by atoms with van der Waals surface area (Å²) in [4.78, 5) is 26.4. The molecule has 1 saturated heterocycles. The van der Waals surface area contributed by atoms with E-state index in [0.29, 0.717) is 5.56 Å². The van der Waals surface area contributed by atoms with Gasteiger partial charge in [-0.1, -0.05) is 36.4 Å². The maximum absolute atomic E-state index is 12.4. The molecule has 0 spiro atoms. The monoisotopic (exact) mass is 297 g/mol. The zero-order valence-corrected chi connectivity index (χ0v) is 12.6. The minimum Gasteiger partial charge on any atom is -0.449 e. The first kappa shape index (κ1) is 14.6. The second kappa shape index (κ2) is 6.18. The highest BCUT2D eigenvalue weighted by molar-refractivity contribution is 6.05. The molecule has 1 atom stereocenters. The summed E-state index contributed by atoms with van der Waals surface area (Å²) in [5, 5.41) is 1.83. The fourth-order valence-corrected chi connectivity index (χ4v) is 2.87. The molecule has 0 radical (unpaired) electrons. The minimum atomic E-state index is -0.746. The van der Waals surface area contributed by atoms with E-state index < -0.39 is 12.1 Å². The van der Waals surface area contributed by atoms with Gasteiger partial charge in [0, 0.05) is 13.1 Å². The number of rotatable bonds is 3. The molecule has 2 aromatic carbocycles. The second-order valence-electron chi connectivity index (χ2n) is 5.61. The summed E-state index contributed by atoms with van der Waals surface area (Å²) in [6, 6.07) is 13.2. The quantitative estimate of drug-likeness (QED) is 0.818. The van der Waals surface area contributed by atoms with E-state index in [0.717, 1.165) is 36.7 Å². The highest BCUT2D eigenvalue weighted by Gasteiger charge is 2.26. The number of fused-ring (bicyclic) bond motifs is 1. The maximum atomic E-state index is 12.4. The van der Waals surface area contributed by atoms with Crippen molar-refractivity contribution in [3.05, 3.63) is 48.0 Å². The zero-order chi connectivity index (χ0) is 15.5. The number of carbonyl (C=O) groups is 2.